The molecule has 0 saturated heterocycles. The molecule has 0 amide bonds. The Morgan fingerprint density at radius 2 is 1.81 bits per heavy atom. The number of aryl methyl sites for hydroxylation is 2. The van der Waals surface area contributed by atoms with Gasteiger partial charge in [-0.1, -0.05) is 49.4 Å². The lowest BCUT2D eigenvalue weighted by atomic mass is 9.92. The standard InChI is InChI=1S/C25H30N/c1-17-13-18(2)19(3)24(14-17)25-23-10-9-21(15-20-7-5-6-8-20)16-22(23)11-12-26(25)4/h9-14,16,20H,5-8,15H2,1-4H3/q+1/i12D. The summed E-state index contributed by atoms with van der Waals surface area (Å²) in [7, 11) is 2.01. The molecule has 1 aliphatic carbocycles. The highest BCUT2D eigenvalue weighted by molar-refractivity contribution is 5.94. The fraction of sp³-hybridized carbons (Fsp3) is 0.400. The lowest BCUT2D eigenvalue weighted by molar-refractivity contribution is -0.659. The third kappa shape index (κ3) is 3.16. The van der Waals surface area contributed by atoms with E-state index in [0.717, 1.165) is 11.6 Å². The van der Waals surface area contributed by atoms with E-state index in [1.807, 2.05) is 17.7 Å². The molecular formula is C25H30N+. The average Bonchev–Trinajstić information content (AvgIpc) is 3.13. The van der Waals surface area contributed by atoms with Gasteiger partial charge < -0.3 is 0 Å². The van der Waals surface area contributed by atoms with E-state index in [1.165, 1.54) is 70.7 Å². The molecule has 1 nitrogen and oxygen atoms in total. The molecule has 0 atom stereocenters. The van der Waals surface area contributed by atoms with Gasteiger partial charge in [0.2, 0.25) is 5.69 Å². The van der Waals surface area contributed by atoms with Crippen LogP contribution in [-0.4, -0.2) is 0 Å². The Balaban J connectivity index is 1.88. The minimum atomic E-state index is 0.564. The Labute approximate surface area is 159 Å². The van der Waals surface area contributed by atoms with Gasteiger partial charge in [-0.25, -0.2) is 4.57 Å². The van der Waals surface area contributed by atoms with Gasteiger partial charge in [0.05, 0.1) is 10.9 Å². The van der Waals surface area contributed by atoms with E-state index >= 15 is 0 Å². The summed E-state index contributed by atoms with van der Waals surface area (Å²) in [6, 6.07) is 13.5. The molecule has 0 N–H and O–H groups in total. The third-order valence-corrected chi connectivity index (χ3v) is 6.19. The number of rotatable bonds is 3. The molecule has 4 rings (SSSR count). The molecule has 0 spiro atoms. The summed E-state index contributed by atoms with van der Waals surface area (Å²) < 4.78 is 10.6. The number of pyridine rings is 1. The minimum Gasteiger partial charge on any atom is -0.200 e. The molecule has 0 bridgehead atoms. The van der Waals surface area contributed by atoms with Crippen LogP contribution in [0.5, 0.6) is 0 Å². The van der Waals surface area contributed by atoms with E-state index < -0.39 is 0 Å². The van der Waals surface area contributed by atoms with Crippen LogP contribution in [-0.2, 0) is 13.5 Å². The fourth-order valence-corrected chi connectivity index (χ4v) is 4.65. The molecule has 1 fully saturated rings. The van der Waals surface area contributed by atoms with Gasteiger partial charge >= 0.3 is 0 Å². The van der Waals surface area contributed by atoms with Crippen molar-refractivity contribution in [3.05, 3.63) is 64.8 Å². The highest BCUT2D eigenvalue weighted by atomic mass is 14.9. The fourth-order valence-electron chi connectivity index (χ4n) is 4.65. The second-order valence-electron chi connectivity index (χ2n) is 8.21. The monoisotopic (exact) mass is 345 g/mol. The number of hydrogen-bond donors (Lipinski definition) is 0. The molecule has 1 heteroatoms. The van der Waals surface area contributed by atoms with Crippen LogP contribution >= 0.6 is 0 Å². The Morgan fingerprint density at radius 1 is 1.04 bits per heavy atom. The summed E-state index contributed by atoms with van der Waals surface area (Å²) in [4.78, 5) is 0. The largest absolute Gasteiger partial charge is 0.220 e. The first-order chi connectivity index (χ1) is 12.9. The second kappa shape index (κ2) is 6.87. The highest BCUT2D eigenvalue weighted by Gasteiger charge is 2.20. The van der Waals surface area contributed by atoms with Crippen molar-refractivity contribution >= 4 is 10.8 Å². The Bertz CT molecular complexity index is 1010. The normalized spacial score (nSPS) is 15.6. The van der Waals surface area contributed by atoms with E-state index in [0.29, 0.717) is 6.17 Å². The summed E-state index contributed by atoms with van der Waals surface area (Å²) in [5.74, 6) is 0.846. The number of nitrogens with zero attached hydrogens (tertiary/aromatic N) is 1. The van der Waals surface area contributed by atoms with Crippen molar-refractivity contribution in [2.45, 2.75) is 52.9 Å². The van der Waals surface area contributed by atoms with E-state index in [-0.39, 0.29) is 0 Å². The topological polar surface area (TPSA) is 3.88 Å². The van der Waals surface area contributed by atoms with Gasteiger partial charge in [0, 0.05) is 6.07 Å². The van der Waals surface area contributed by atoms with Crippen LogP contribution in [0.2, 0.25) is 0 Å². The zero-order valence-electron chi connectivity index (χ0n) is 17.5. The van der Waals surface area contributed by atoms with Crippen molar-refractivity contribution in [1.82, 2.24) is 0 Å². The van der Waals surface area contributed by atoms with E-state index in [2.05, 4.69) is 51.1 Å². The minimum absolute atomic E-state index is 0.564. The first kappa shape index (κ1) is 16.1. The molecule has 0 aliphatic heterocycles. The molecule has 3 aromatic rings. The van der Waals surface area contributed by atoms with Crippen LogP contribution in [0.1, 0.15) is 49.3 Å². The maximum atomic E-state index is 8.53. The van der Waals surface area contributed by atoms with Crippen LogP contribution < -0.4 is 4.57 Å². The van der Waals surface area contributed by atoms with Crippen LogP contribution in [0.25, 0.3) is 22.0 Å². The second-order valence-corrected chi connectivity index (χ2v) is 8.21. The van der Waals surface area contributed by atoms with Gasteiger partial charge in [0.15, 0.2) is 6.17 Å². The summed E-state index contributed by atoms with van der Waals surface area (Å²) in [5.41, 5.74) is 7.72. The van der Waals surface area contributed by atoms with Crippen molar-refractivity contribution in [3.8, 4) is 11.3 Å². The molecule has 0 unspecified atom stereocenters. The highest BCUT2D eigenvalue weighted by Crippen LogP contribution is 2.32. The van der Waals surface area contributed by atoms with Gasteiger partial charge in [-0.2, -0.15) is 0 Å². The van der Waals surface area contributed by atoms with E-state index in [1.54, 1.807) is 0 Å². The third-order valence-electron chi connectivity index (χ3n) is 6.19. The van der Waals surface area contributed by atoms with E-state index in [4.69, 9.17) is 1.37 Å². The van der Waals surface area contributed by atoms with Gasteiger partial charge in [-0.3, -0.25) is 0 Å². The predicted molar refractivity (Wildman–Crippen MR) is 110 cm³/mol. The molecule has 1 aliphatic rings. The SMILES string of the molecule is [2H]c1cc2cc(CC3CCCC3)ccc2c(-c2cc(C)cc(C)c2C)[n+]1C. The molecule has 2 aromatic carbocycles. The zero-order chi connectivity index (χ0) is 19.1. The lowest BCUT2D eigenvalue weighted by Gasteiger charge is -2.13. The zero-order valence-corrected chi connectivity index (χ0v) is 16.5. The van der Waals surface area contributed by atoms with Crippen molar-refractivity contribution in [2.75, 3.05) is 0 Å². The molecule has 0 radical (unpaired) electrons. The number of fused-ring (bicyclic) bond motifs is 1. The predicted octanol–water partition coefficient (Wildman–Crippen LogP) is 5.99. The van der Waals surface area contributed by atoms with Crippen molar-refractivity contribution in [1.29, 1.82) is 0 Å². The Morgan fingerprint density at radius 3 is 2.58 bits per heavy atom. The maximum absolute atomic E-state index is 8.53. The molecular weight excluding hydrogens is 314 g/mol. The summed E-state index contributed by atoms with van der Waals surface area (Å²) >= 11 is 0. The quantitative estimate of drug-likeness (QED) is 0.513. The Kier molecular flexibility index (Phi) is 4.24. The Hall–Kier alpha value is -2.15. The van der Waals surface area contributed by atoms with Crippen molar-refractivity contribution in [3.63, 3.8) is 0 Å². The first-order valence-corrected chi connectivity index (χ1v) is 9.94. The van der Waals surface area contributed by atoms with Crippen molar-refractivity contribution in [2.24, 2.45) is 13.0 Å². The summed E-state index contributed by atoms with van der Waals surface area (Å²) in [5, 5.41) is 2.44. The summed E-state index contributed by atoms with van der Waals surface area (Å²) in [6.45, 7) is 6.53. The molecule has 134 valence electrons. The maximum Gasteiger partial charge on any atom is 0.220 e. The smallest absolute Gasteiger partial charge is 0.200 e. The van der Waals surface area contributed by atoms with Gasteiger partial charge in [0.1, 0.15) is 8.42 Å². The van der Waals surface area contributed by atoms with Crippen LogP contribution in [0, 0.1) is 26.7 Å². The molecule has 1 saturated carbocycles. The molecule has 1 heterocycles. The van der Waals surface area contributed by atoms with Gasteiger partial charge in [-0.05, 0) is 67.3 Å². The van der Waals surface area contributed by atoms with Gasteiger partial charge in [0.25, 0.3) is 0 Å². The average molecular weight is 346 g/mol. The number of hydrogen-bond acceptors (Lipinski definition) is 0. The van der Waals surface area contributed by atoms with Crippen molar-refractivity contribution < 1.29 is 5.94 Å². The summed E-state index contributed by atoms with van der Waals surface area (Å²) in [6.07, 6.45) is 7.27. The molecule has 1 aromatic heterocycles. The van der Waals surface area contributed by atoms with Gasteiger partial charge in [-0.15, -0.1) is 0 Å². The molecule has 26 heavy (non-hydrogen) atoms. The van der Waals surface area contributed by atoms with Crippen LogP contribution in [0.15, 0.2) is 42.6 Å². The first-order valence-electron chi connectivity index (χ1n) is 10.4. The van der Waals surface area contributed by atoms with E-state index in [9.17, 15) is 0 Å². The van der Waals surface area contributed by atoms with Crippen LogP contribution in [0.3, 0.4) is 0 Å². The number of aromatic nitrogens is 1. The lowest BCUT2D eigenvalue weighted by Crippen LogP contribution is -2.30. The number of benzene rings is 2. The van der Waals surface area contributed by atoms with Crippen LogP contribution in [0.4, 0.5) is 0 Å².